The Kier molecular flexibility index (Phi) is 8.27. The molecule has 1 amide bonds. The van der Waals surface area contributed by atoms with Crippen LogP contribution in [0.15, 0.2) is 24.3 Å². The Bertz CT molecular complexity index is 394. The number of nitrogen functional groups attached to an aromatic ring is 1. The van der Waals surface area contributed by atoms with Crippen LogP contribution < -0.4 is 15.8 Å². The molecule has 0 saturated heterocycles. The Morgan fingerprint density at radius 3 is 2.80 bits per heavy atom. The van der Waals surface area contributed by atoms with E-state index in [0.717, 1.165) is 18.6 Å². The molecule has 0 aliphatic carbocycles. The third-order valence-corrected chi connectivity index (χ3v) is 3.06. The highest BCUT2D eigenvalue weighted by Crippen LogP contribution is 2.13. The van der Waals surface area contributed by atoms with Gasteiger partial charge in [-0.2, -0.15) is 0 Å². The molecule has 0 spiro atoms. The predicted molar refractivity (Wildman–Crippen MR) is 82.7 cm³/mol. The Morgan fingerprint density at radius 1 is 1.25 bits per heavy atom. The number of rotatable bonds is 10. The molecule has 0 aliphatic heterocycles. The molecule has 3 N–H and O–H groups in total. The van der Waals surface area contributed by atoms with Gasteiger partial charge in [0.2, 0.25) is 5.91 Å². The van der Waals surface area contributed by atoms with E-state index in [0.29, 0.717) is 25.3 Å². The van der Waals surface area contributed by atoms with Gasteiger partial charge in [-0.25, -0.2) is 0 Å². The molecular formula is C16H26N2O2. The SMILES string of the molecule is CCCCCCCC(=O)NCCOc1cccc(N)c1. The van der Waals surface area contributed by atoms with Crippen molar-refractivity contribution in [3.8, 4) is 5.75 Å². The highest BCUT2D eigenvalue weighted by atomic mass is 16.5. The maximum atomic E-state index is 11.6. The highest BCUT2D eigenvalue weighted by Gasteiger charge is 2.00. The highest BCUT2D eigenvalue weighted by molar-refractivity contribution is 5.75. The predicted octanol–water partition coefficient (Wildman–Crippen LogP) is 3.12. The van der Waals surface area contributed by atoms with Gasteiger partial charge in [0.25, 0.3) is 0 Å². The first-order valence-electron chi connectivity index (χ1n) is 7.47. The van der Waals surface area contributed by atoms with Gasteiger partial charge in [-0.1, -0.05) is 38.7 Å². The van der Waals surface area contributed by atoms with Crippen LogP contribution in [-0.2, 0) is 4.79 Å². The Morgan fingerprint density at radius 2 is 2.05 bits per heavy atom. The van der Waals surface area contributed by atoms with Crippen LogP contribution in [0.25, 0.3) is 0 Å². The minimum absolute atomic E-state index is 0.109. The molecule has 0 bridgehead atoms. The summed E-state index contributed by atoms with van der Waals surface area (Å²) in [6.45, 7) is 3.18. The molecule has 0 heterocycles. The largest absolute Gasteiger partial charge is 0.492 e. The van der Waals surface area contributed by atoms with Gasteiger partial charge in [-0.05, 0) is 18.6 Å². The number of ether oxygens (including phenoxy) is 1. The summed E-state index contributed by atoms with van der Waals surface area (Å²) in [6.07, 6.45) is 6.44. The van der Waals surface area contributed by atoms with Crippen LogP contribution in [0.2, 0.25) is 0 Å². The first-order chi connectivity index (χ1) is 9.72. The quantitative estimate of drug-likeness (QED) is 0.510. The second-order valence-electron chi connectivity index (χ2n) is 4.94. The van der Waals surface area contributed by atoms with Crippen molar-refractivity contribution in [3.05, 3.63) is 24.3 Å². The van der Waals surface area contributed by atoms with Crippen molar-refractivity contribution >= 4 is 11.6 Å². The fourth-order valence-corrected chi connectivity index (χ4v) is 1.94. The number of benzene rings is 1. The fourth-order valence-electron chi connectivity index (χ4n) is 1.94. The molecule has 0 unspecified atom stereocenters. The van der Waals surface area contributed by atoms with E-state index in [-0.39, 0.29) is 5.91 Å². The van der Waals surface area contributed by atoms with Crippen molar-refractivity contribution in [1.82, 2.24) is 5.32 Å². The van der Waals surface area contributed by atoms with Gasteiger partial charge in [-0.15, -0.1) is 0 Å². The zero-order valence-corrected chi connectivity index (χ0v) is 12.4. The summed E-state index contributed by atoms with van der Waals surface area (Å²) in [7, 11) is 0. The smallest absolute Gasteiger partial charge is 0.220 e. The van der Waals surface area contributed by atoms with Crippen LogP contribution in [0, 0.1) is 0 Å². The maximum Gasteiger partial charge on any atom is 0.220 e. The number of carbonyl (C=O) groups excluding carboxylic acids is 1. The van der Waals surface area contributed by atoms with E-state index in [4.69, 9.17) is 10.5 Å². The normalized spacial score (nSPS) is 10.2. The van der Waals surface area contributed by atoms with E-state index in [1.165, 1.54) is 19.3 Å². The summed E-state index contributed by atoms with van der Waals surface area (Å²) in [4.78, 5) is 11.6. The second kappa shape index (κ2) is 10.1. The summed E-state index contributed by atoms with van der Waals surface area (Å²) >= 11 is 0. The number of carbonyl (C=O) groups is 1. The summed E-state index contributed by atoms with van der Waals surface area (Å²) in [6, 6.07) is 7.29. The van der Waals surface area contributed by atoms with Crippen LogP contribution >= 0.6 is 0 Å². The van der Waals surface area contributed by atoms with E-state index in [2.05, 4.69) is 12.2 Å². The minimum atomic E-state index is 0.109. The van der Waals surface area contributed by atoms with Crippen LogP contribution in [0.1, 0.15) is 45.4 Å². The van der Waals surface area contributed by atoms with E-state index in [1.807, 2.05) is 18.2 Å². The van der Waals surface area contributed by atoms with E-state index < -0.39 is 0 Å². The van der Waals surface area contributed by atoms with Crippen molar-refractivity contribution in [1.29, 1.82) is 0 Å². The Balaban J connectivity index is 2.02. The summed E-state index contributed by atoms with van der Waals surface area (Å²) in [5.74, 6) is 0.844. The molecule has 1 aromatic rings. The van der Waals surface area contributed by atoms with Gasteiger partial charge in [0.05, 0.1) is 6.54 Å². The first-order valence-corrected chi connectivity index (χ1v) is 7.47. The van der Waals surface area contributed by atoms with Crippen molar-refractivity contribution in [2.24, 2.45) is 0 Å². The number of unbranched alkanes of at least 4 members (excludes halogenated alkanes) is 4. The van der Waals surface area contributed by atoms with Crippen LogP contribution in [0.5, 0.6) is 5.75 Å². The minimum Gasteiger partial charge on any atom is -0.492 e. The zero-order valence-electron chi connectivity index (χ0n) is 12.4. The van der Waals surface area contributed by atoms with Gasteiger partial charge in [-0.3, -0.25) is 4.79 Å². The molecule has 0 aliphatic rings. The lowest BCUT2D eigenvalue weighted by Crippen LogP contribution is -2.27. The Labute approximate surface area is 121 Å². The van der Waals surface area contributed by atoms with Crippen molar-refractivity contribution in [3.63, 3.8) is 0 Å². The lowest BCUT2D eigenvalue weighted by Gasteiger charge is -2.08. The monoisotopic (exact) mass is 278 g/mol. The van der Waals surface area contributed by atoms with Crippen LogP contribution in [-0.4, -0.2) is 19.1 Å². The molecule has 0 fully saturated rings. The number of nitrogens with two attached hydrogens (primary N) is 1. The average Bonchev–Trinajstić information content (AvgIpc) is 2.43. The van der Waals surface area contributed by atoms with Gasteiger partial charge >= 0.3 is 0 Å². The number of amides is 1. The van der Waals surface area contributed by atoms with Crippen molar-refractivity contribution in [2.45, 2.75) is 45.4 Å². The molecule has 112 valence electrons. The molecular weight excluding hydrogens is 252 g/mol. The number of anilines is 1. The second-order valence-corrected chi connectivity index (χ2v) is 4.94. The number of nitrogens with one attached hydrogen (secondary N) is 1. The van der Waals surface area contributed by atoms with E-state index in [1.54, 1.807) is 6.07 Å². The molecule has 20 heavy (non-hydrogen) atoms. The maximum absolute atomic E-state index is 11.6. The van der Waals surface area contributed by atoms with Gasteiger partial charge in [0, 0.05) is 18.2 Å². The van der Waals surface area contributed by atoms with Gasteiger partial charge in [0.1, 0.15) is 12.4 Å². The number of hydrogen-bond acceptors (Lipinski definition) is 3. The molecule has 0 atom stereocenters. The molecule has 1 rings (SSSR count). The lowest BCUT2D eigenvalue weighted by molar-refractivity contribution is -0.121. The third-order valence-electron chi connectivity index (χ3n) is 3.06. The molecule has 0 saturated carbocycles. The molecule has 1 aromatic carbocycles. The van der Waals surface area contributed by atoms with Crippen molar-refractivity contribution < 1.29 is 9.53 Å². The number of hydrogen-bond donors (Lipinski definition) is 2. The lowest BCUT2D eigenvalue weighted by atomic mass is 10.1. The van der Waals surface area contributed by atoms with Gasteiger partial charge in [0.15, 0.2) is 0 Å². The standard InChI is InChI=1S/C16H26N2O2/c1-2-3-4-5-6-10-16(19)18-11-12-20-15-9-7-8-14(17)13-15/h7-9,13H,2-6,10-12,17H2,1H3,(H,18,19). The summed E-state index contributed by atoms with van der Waals surface area (Å²) < 4.78 is 5.50. The molecule has 4 heteroatoms. The van der Waals surface area contributed by atoms with Gasteiger partial charge < -0.3 is 15.8 Å². The van der Waals surface area contributed by atoms with Crippen molar-refractivity contribution in [2.75, 3.05) is 18.9 Å². The van der Waals surface area contributed by atoms with E-state index >= 15 is 0 Å². The topological polar surface area (TPSA) is 64.3 Å². The third kappa shape index (κ3) is 7.67. The Hall–Kier alpha value is -1.71. The summed E-state index contributed by atoms with van der Waals surface area (Å²) in [5.41, 5.74) is 6.33. The fraction of sp³-hybridized carbons (Fsp3) is 0.562. The first kappa shape index (κ1) is 16.3. The molecule has 4 nitrogen and oxygen atoms in total. The molecule has 0 aromatic heterocycles. The van der Waals surface area contributed by atoms with E-state index in [9.17, 15) is 4.79 Å². The van der Waals surface area contributed by atoms with Crippen LogP contribution in [0.4, 0.5) is 5.69 Å². The summed E-state index contributed by atoms with van der Waals surface area (Å²) in [5, 5.41) is 2.86. The average molecular weight is 278 g/mol. The van der Waals surface area contributed by atoms with Crippen LogP contribution in [0.3, 0.4) is 0 Å². The molecule has 0 radical (unpaired) electrons. The zero-order chi connectivity index (χ0) is 14.6.